The van der Waals surface area contributed by atoms with Crippen LogP contribution in [0.3, 0.4) is 0 Å². The monoisotopic (exact) mass is 115 g/mol. The maximum Gasteiger partial charge on any atom is 0.0641 e. The lowest BCUT2D eigenvalue weighted by Crippen LogP contribution is -2.46. The van der Waals surface area contributed by atoms with Crippen molar-refractivity contribution in [2.24, 2.45) is 5.84 Å². The molecule has 0 amide bonds. The number of hydrogen-bond acceptors (Lipinski definition) is 3. The van der Waals surface area contributed by atoms with Crippen LogP contribution in [0.2, 0.25) is 0 Å². The fourth-order valence-corrected chi connectivity index (χ4v) is 0.995. The smallest absolute Gasteiger partial charge is 0.0641 e. The van der Waals surface area contributed by atoms with Crippen molar-refractivity contribution in [3.05, 3.63) is 0 Å². The van der Waals surface area contributed by atoms with Gasteiger partial charge >= 0.3 is 0 Å². The molecule has 1 rings (SSSR count). The highest BCUT2D eigenvalue weighted by molar-refractivity contribution is 4.58. The Kier molecular flexibility index (Phi) is 1.83. The van der Waals surface area contributed by atoms with Crippen LogP contribution in [0.25, 0.3) is 0 Å². The van der Waals surface area contributed by atoms with Crippen LogP contribution in [0.1, 0.15) is 6.42 Å². The van der Waals surface area contributed by atoms with Crippen molar-refractivity contribution in [3.63, 3.8) is 0 Å². The second-order valence-electron chi connectivity index (χ2n) is 2.39. The predicted octanol–water partition coefficient (Wildman–Crippen LogP) is -0.545. The Bertz CT molecular complexity index is 66.1. The van der Waals surface area contributed by atoms with Gasteiger partial charge in [0.15, 0.2) is 0 Å². The van der Waals surface area contributed by atoms with E-state index in [1.165, 1.54) is 13.0 Å². The molecule has 0 unspecified atom stereocenters. The van der Waals surface area contributed by atoms with Crippen LogP contribution in [-0.2, 0) is 0 Å². The zero-order valence-electron chi connectivity index (χ0n) is 5.30. The molecular formula is C5H13N3. The van der Waals surface area contributed by atoms with Crippen molar-refractivity contribution in [2.75, 3.05) is 26.8 Å². The summed E-state index contributed by atoms with van der Waals surface area (Å²) in [6, 6.07) is 0. The SMILES string of the molecule is CN1CCCN(N)C1. The van der Waals surface area contributed by atoms with Gasteiger partial charge in [-0.2, -0.15) is 0 Å². The van der Waals surface area contributed by atoms with E-state index in [1.807, 2.05) is 5.01 Å². The van der Waals surface area contributed by atoms with E-state index in [9.17, 15) is 0 Å². The third-order valence-corrected chi connectivity index (χ3v) is 1.41. The fourth-order valence-electron chi connectivity index (χ4n) is 0.995. The lowest BCUT2D eigenvalue weighted by atomic mass is 10.3. The quantitative estimate of drug-likeness (QED) is 0.430. The molecule has 0 atom stereocenters. The van der Waals surface area contributed by atoms with Gasteiger partial charge in [-0.05, 0) is 13.5 Å². The Balaban J connectivity index is 2.23. The largest absolute Gasteiger partial charge is 0.292 e. The maximum atomic E-state index is 5.52. The van der Waals surface area contributed by atoms with Crippen molar-refractivity contribution >= 4 is 0 Å². The molecule has 0 radical (unpaired) electrons. The Labute approximate surface area is 50.0 Å². The summed E-state index contributed by atoms with van der Waals surface area (Å²) < 4.78 is 0. The maximum absolute atomic E-state index is 5.52. The highest BCUT2D eigenvalue weighted by Gasteiger charge is 2.08. The minimum Gasteiger partial charge on any atom is -0.292 e. The highest BCUT2D eigenvalue weighted by atomic mass is 15.5. The minimum atomic E-state index is 0.917. The molecule has 1 fully saturated rings. The lowest BCUT2D eigenvalue weighted by molar-refractivity contribution is 0.109. The van der Waals surface area contributed by atoms with Crippen molar-refractivity contribution in [3.8, 4) is 0 Å². The van der Waals surface area contributed by atoms with E-state index >= 15 is 0 Å². The molecular weight excluding hydrogens is 102 g/mol. The van der Waals surface area contributed by atoms with Gasteiger partial charge < -0.3 is 0 Å². The molecule has 0 saturated carbocycles. The van der Waals surface area contributed by atoms with E-state index in [-0.39, 0.29) is 0 Å². The van der Waals surface area contributed by atoms with Crippen molar-refractivity contribution in [2.45, 2.75) is 6.42 Å². The first kappa shape index (κ1) is 6.01. The van der Waals surface area contributed by atoms with E-state index < -0.39 is 0 Å². The summed E-state index contributed by atoms with van der Waals surface area (Å²) in [6.07, 6.45) is 1.20. The topological polar surface area (TPSA) is 32.5 Å². The standard InChI is InChI=1S/C5H13N3/c1-7-3-2-4-8(6)5-7/h2-6H2,1H3. The van der Waals surface area contributed by atoms with Crippen LogP contribution >= 0.6 is 0 Å². The van der Waals surface area contributed by atoms with Gasteiger partial charge in [-0.3, -0.25) is 10.7 Å². The molecule has 0 aromatic heterocycles. The Morgan fingerprint density at radius 3 is 2.50 bits per heavy atom. The number of rotatable bonds is 0. The molecule has 3 heteroatoms. The normalized spacial score (nSPS) is 26.2. The van der Waals surface area contributed by atoms with Crippen LogP contribution in [0.4, 0.5) is 0 Å². The van der Waals surface area contributed by atoms with E-state index in [0.717, 1.165) is 13.2 Å². The van der Waals surface area contributed by atoms with E-state index in [0.29, 0.717) is 0 Å². The second-order valence-corrected chi connectivity index (χ2v) is 2.39. The Hall–Kier alpha value is -0.120. The van der Waals surface area contributed by atoms with Crippen molar-refractivity contribution < 1.29 is 0 Å². The van der Waals surface area contributed by atoms with Gasteiger partial charge in [-0.15, -0.1) is 0 Å². The van der Waals surface area contributed by atoms with Gasteiger partial charge in [0.05, 0.1) is 6.67 Å². The molecule has 0 aliphatic carbocycles. The molecule has 0 aromatic carbocycles. The molecule has 0 spiro atoms. The minimum absolute atomic E-state index is 0.917. The Morgan fingerprint density at radius 2 is 2.12 bits per heavy atom. The van der Waals surface area contributed by atoms with Gasteiger partial charge in [0.2, 0.25) is 0 Å². The van der Waals surface area contributed by atoms with E-state index in [1.54, 1.807) is 0 Å². The summed E-state index contributed by atoms with van der Waals surface area (Å²) in [5.41, 5.74) is 0. The number of nitrogens with zero attached hydrogens (tertiary/aromatic N) is 2. The molecule has 1 aliphatic heterocycles. The Morgan fingerprint density at radius 1 is 1.38 bits per heavy atom. The summed E-state index contributed by atoms with van der Waals surface area (Å²) in [7, 11) is 2.08. The second kappa shape index (κ2) is 2.44. The van der Waals surface area contributed by atoms with Crippen LogP contribution in [0.5, 0.6) is 0 Å². The average molecular weight is 115 g/mol. The van der Waals surface area contributed by atoms with E-state index in [2.05, 4.69) is 11.9 Å². The first-order valence-corrected chi connectivity index (χ1v) is 2.97. The average Bonchev–Trinajstić information content (AvgIpc) is 1.64. The third kappa shape index (κ3) is 1.43. The zero-order chi connectivity index (χ0) is 5.98. The zero-order valence-corrected chi connectivity index (χ0v) is 5.30. The molecule has 48 valence electrons. The van der Waals surface area contributed by atoms with Gasteiger partial charge in [-0.25, -0.2) is 5.01 Å². The molecule has 1 saturated heterocycles. The summed E-state index contributed by atoms with van der Waals surface area (Å²) in [4.78, 5) is 2.21. The predicted molar refractivity (Wildman–Crippen MR) is 33.0 cm³/mol. The van der Waals surface area contributed by atoms with Gasteiger partial charge in [0, 0.05) is 13.1 Å². The first-order chi connectivity index (χ1) is 3.79. The highest BCUT2D eigenvalue weighted by Crippen LogP contribution is 1.96. The summed E-state index contributed by atoms with van der Waals surface area (Å²) in [6.45, 7) is 3.15. The van der Waals surface area contributed by atoms with Crippen LogP contribution in [0, 0.1) is 0 Å². The molecule has 0 aromatic rings. The molecule has 2 N–H and O–H groups in total. The molecule has 3 nitrogen and oxygen atoms in total. The molecule has 0 bridgehead atoms. The van der Waals surface area contributed by atoms with Crippen LogP contribution in [-0.4, -0.2) is 36.7 Å². The summed E-state index contributed by atoms with van der Waals surface area (Å²) in [5.74, 6) is 5.52. The summed E-state index contributed by atoms with van der Waals surface area (Å²) in [5, 5.41) is 1.84. The van der Waals surface area contributed by atoms with E-state index in [4.69, 9.17) is 5.84 Å². The van der Waals surface area contributed by atoms with Crippen molar-refractivity contribution in [1.82, 2.24) is 9.91 Å². The van der Waals surface area contributed by atoms with Crippen LogP contribution in [0.15, 0.2) is 0 Å². The number of hydrogen-bond donors (Lipinski definition) is 1. The first-order valence-electron chi connectivity index (χ1n) is 2.97. The van der Waals surface area contributed by atoms with Gasteiger partial charge in [-0.1, -0.05) is 0 Å². The number of hydrazine groups is 1. The lowest BCUT2D eigenvalue weighted by Gasteiger charge is -2.29. The molecule has 1 aliphatic rings. The summed E-state index contributed by atoms with van der Waals surface area (Å²) >= 11 is 0. The molecule has 8 heavy (non-hydrogen) atoms. The van der Waals surface area contributed by atoms with Gasteiger partial charge in [0.25, 0.3) is 0 Å². The number of nitrogens with two attached hydrogens (primary N) is 1. The fraction of sp³-hybridized carbons (Fsp3) is 1.00. The molecule has 1 heterocycles. The van der Waals surface area contributed by atoms with Crippen molar-refractivity contribution in [1.29, 1.82) is 0 Å². The van der Waals surface area contributed by atoms with Crippen LogP contribution < -0.4 is 5.84 Å². The van der Waals surface area contributed by atoms with Gasteiger partial charge in [0.1, 0.15) is 0 Å². The third-order valence-electron chi connectivity index (χ3n) is 1.41.